The van der Waals surface area contributed by atoms with Crippen molar-refractivity contribution in [1.82, 2.24) is 9.97 Å². The highest BCUT2D eigenvalue weighted by atomic mass is 16.5. The molecule has 0 saturated heterocycles. The second kappa shape index (κ2) is 7.24. The molecule has 1 aliphatic carbocycles. The van der Waals surface area contributed by atoms with E-state index in [0.717, 1.165) is 31.4 Å². The lowest BCUT2D eigenvalue weighted by Crippen LogP contribution is -2.37. The van der Waals surface area contributed by atoms with E-state index in [9.17, 15) is 9.90 Å². The molecule has 6 nitrogen and oxygen atoms in total. The number of aliphatic carboxylic acids is 1. The Morgan fingerprint density at radius 2 is 2.19 bits per heavy atom. The summed E-state index contributed by atoms with van der Waals surface area (Å²) in [4.78, 5) is 20.0. The monoisotopic (exact) mass is 293 g/mol. The van der Waals surface area contributed by atoms with Crippen molar-refractivity contribution in [2.45, 2.75) is 52.0 Å². The fourth-order valence-electron chi connectivity index (χ4n) is 2.65. The topological polar surface area (TPSA) is 84.3 Å². The first kappa shape index (κ1) is 15.5. The number of hydrogen-bond donors (Lipinski definition) is 2. The molecule has 0 aromatic carbocycles. The Hall–Kier alpha value is -1.85. The van der Waals surface area contributed by atoms with E-state index in [4.69, 9.17) is 4.74 Å². The number of nitrogens with zero attached hydrogens (tertiary/aromatic N) is 2. The summed E-state index contributed by atoms with van der Waals surface area (Å²) in [5, 5.41) is 12.5. The molecule has 116 valence electrons. The summed E-state index contributed by atoms with van der Waals surface area (Å²) in [5.74, 6) is -0.126. The number of nitrogens with one attached hydrogen (secondary N) is 1. The third-order valence-electron chi connectivity index (χ3n) is 3.68. The number of carbonyl (C=O) groups is 1. The van der Waals surface area contributed by atoms with Crippen molar-refractivity contribution >= 4 is 11.9 Å². The molecular formula is C15H23N3O3. The quantitative estimate of drug-likeness (QED) is 0.838. The highest BCUT2D eigenvalue weighted by molar-refractivity contribution is 5.71. The maximum absolute atomic E-state index is 11.3. The standard InChI is InChI=1S/C15H23N3O3/c1-3-8-21-13-9-10(2)16-15(18-13)17-12-7-5-4-6-11(12)14(19)20/h9,11-12H,3-8H2,1-2H3,(H,19,20)(H,16,17,18). The number of hydrogen-bond acceptors (Lipinski definition) is 5. The van der Waals surface area contributed by atoms with Crippen LogP contribution in [0.3, 0.4) is 0 Å². The number of ether oxygens (including phenoxy) is 1. The lowest BCUT2D eigenvalue weighted by Gasteiger charge is -2.29. The van der Waals surface area contributed by atoms with Crippen molar-refractivity contribution in [1.29, 1.82) is 0 Å². The van der Waals surface area contributed by atoms with Crippen molar-refractivity contribution in [3.63, 3.8) is 0 Å². The maximum atomic E-state index is 11.3. The molecule has 0 amide bonds. The number of carboxylic acids is 1. The van der Waals surface area contributed by atoms with E-state index in [2.05, 4.69) is 15.3 Å². The molecule has 2 rings (SSSR count). The molecular weight excluding hydrogens is 270 g/mol. The molecule has 1 heterocycles. The molecule has 1 fully saturated rings. The summed E-state index contributed by atoms with van der Waals surface area (Å²) in [5.41, 5.74) is 0.807. The van der Waals surface area contributed by atoms with Crippen molar-refractivity contribution in [2.75, 3.05) is 11.9 Å². The number of anilines is 1. The Bertz CT molecular complexity index is 493. The normalized spacial score (nSPS) is 21.8. The van der Waals surface area contributed by atoms with Gasteiger partial charge in [-0.1, -0.05) is 19.8 Å². The molecule has 2 N–H and O–H groups in total. The van der Waals surface area contributed by atoms with E-state index < -0.39 is 5.97 Å². The Labute approximate surface area is 124 Å². The van der Waals surface area contributed by atoms with Gasteiger partial charge in [0.05, 0.1) is 12.5 Å². The van der Waals surface area contributed by atoms with Gasteiger partial charge < -0.3 is 15.2 Å². The van der Waals surface area contributed by atoms with Crippen molar-refractivity contribution in [3.05, 3.63) is 11.8 Å². The van der Waals surface area contributed by atoms with Gasteiger partial charge >= 0.3 is 5.97 Å². The maximum Gasteiger partial charge on any atom is 0.308 e. The minimum atomic E-state index is -0.748. The fraction of sp³-hybridized carbons (Fsp3) is 0.667. The van der Waals surface area contributed by atoms with Gasteiger partial charge in [-0.3, -0.25) is 4.79 Å². The third kappa shape index (κ3) is 4.31. The zero-order valence-electron chi connectivity index (χ0n) is 12.6. The van der Waals surface area contributed by atoms with E-state index in [-0.39, 0.29) is 12.0 Å². The SMILES string of the molecule is CCCOc1cc(C)nc(NC2CCCCC2C(=O)O)n1. The molecule has 1 saturated carbocycles. The molecule has 1 aromatic rings. The van der Waals surface area contributed by atoms with Crippen LogP contribution in [-0.2, 0) is 4.79 Å². The Balaban J connectivity index is 2.10. The molecule has 0 radical (unpaired) electrons. The Morgan fingerprint density at radius 1 is 1.43 bits per heavy atom. The number of aryl methyl sites for hydroxylation is 1. The highest BCUT2D eigenvalue weighted by Gasteiger charge is 2.31. The second-order valence-corrected chi connectivity index (χ2v) is 5.50. The summed E-state index contributed by atoms with van der Waals surface area (Å²) in [6.45, 7) is 4.52. The van der Waals surface area contributed by atoms with Crippen LogP contribution in [0.15, 0.2) is 6.07 Å². The van der Waals surface area contributed by atoms with Gasteiger partial charge in [0.15, 0.2) is 0 Å². The minimum Gasteiger partial charge on any atom is -0.481 e. The predicted octanol–water partition coefficient (Wildman–Crippen LogP) is 2.63. The smallest absolute Gasteiger partial charge is 0.308 e. The minimum absolute atomic E-state index is 0.114. The van der Waals surface area contributed by atoms with E-state index in [0.29, 0.717) is 24.9 Å². The molecule has 0 aliphatic heterocycles. The van der Waals surface area contributed by atoms with Crippen LogP contribution in [0.2, 0.25) is 0 Å². The van der Waals surface area contributed by atoms with Gasteiger partial charge in [-0.25, -0.2) is 4.98 Å². The van der Waals surface area contributed by atoms with Crippen LogP contribution in [0.1, 0.15) is 44.7 Å². The average Bonchev–Trinajstić information content (AvgIpc) is 2.45. The van der Waals surface area contributed by atoms with Crippen LogP contribution in [0.4, 0.5) is 5.95 Å². The molecule has 2 unspecified atom stereocenters. The van der Waals surface area contributed by atoms with Gasteiger partial charge in [-0.05, 0) is 26.2 Å². The zero-order chi connectivity index (χ0) is 15.2. The van der Waals surface area contributed by atoms with Crippen molar-refractivity contribution in [2.24, 2.45) is 5.92 Å². The molecule has 0 bridgehead atoms. The average molecular weight is 293 g/mol. The first-order valence-corrected chi connectivity index (χ1v) is 7.58. The van der Waals surface area contributed by atoms with Crippen molar-refractivity contribution in [3.8, 4) is 5.88 Å². The summed E-state index contributed by atoms with van der Waals surface area (Å²) < 4.78 is 5.53. The molecule has 2 atom stereocenters. The molecule has 1 aliphatic rings. The van der Waals surface area contributed by atoms with Gasteiger partial charge in [0, 0.05) is 17.8 Å². The third-order valence-corrected chi connectivity index (χ3v) is 3.68. The zero-order valence-corrected chi connectivity index (χ0v) is 12.6. The first-order valence-electron chi connectivity index (χ1n) is 7.58. The van der Waals surface area contributed by atoms with Gasteiger partial charge in [-0.2, -0.15) is 4.98 Å². The van der Waals surface area contributed by atoms with Crippen molar-refractivity contribution < 1.29 is 14.6 Å². The number of aromatic nitrogens is 2. The second-order valence-electron chi connectivity index (χ2n) is 5.50. The van der Waals surface area contributed by atoms with Gasteiger partial charge in [-0.15, -0.1) is 0 Å². The largest absolute Gasteiger partial charge is 0.481 e. The number of rotatable bonds is 6. The summed E-state index contributed by atoms with van der Waals surface area (Å²) in [6, 6.07) is 1.67. The van der Waals surface area contributed by atoms with Crippen LogP contribution in [-0.4, -0.2) is 33.7 Å². The fourth-order valence-corrected chi connectivity index (χ4v) is 2.65. The molecule has 21 heavy (non-hydrogen) atoms. The predicted molar refractivity (Wildman–Crippen MR) is 79.6 cm³/mol. The highest BCUT2D eigenvalue weighted by Crippen LogP contribution is 2.27. The van der Waals surface area contributed by atoms with Crippen LogP contribution >= 0.6 is 0 Å². The first-order chi connectivity index (χ1) is 10.1. The summed E-state index contributed by atoms with van der Waals surface area (Å²) in [7, 11) is 0. The van der Waals surface area contributed by atoms with Crippen LogP contribution in [0, 0.1) is 12.8 Å². The van der Waals surface area contributed by atoms with Gasteiger partial charge in [0.1, 0.15) is 0 Å². The van der Waals surface area contributed by atoms with E-state index in [1.54, 1.807) is 6.07 Å². The molecule has 1 aromatic heterocycles. The Morgan fingerprint density at radius 3 is 2.90 bits per heavy atom. The lowest BCUT2D eigenvalue weighted by atomic mass is 9.84. The summed E-state index contributed by atoms with van der Waals surface area (Å²) >= 11 is 0. The van der Waals surface area contributed by atoms with Gasteiger partial charge in [0.2, 0.25) is 11.8 Å². The van der Waals surface area contributed by atoms with Crippen LogP contribution in [0.5, 0.6) is 5.88 Å². The van der Waals surface area contributed by atoms with E-state index in [1.807, 2.05) is 13.8 Å². The molecule has 6 heteroatoms. The van der Waals surface area contributed by atoms with Crippen LogP contribution in [0.25, 0.3) is 0 Å². The van der Waals surface area contributed by atoms with E-state index >= 15 is 0 Å². The molecule has 0 spiro atoms. The van der Waals surface area contributed by atoms with Crippen LogP contribution < -0.4 is 10.1 Å². The number of carboxylic acid groups (broad SMARTS) is 1. The summed E-state index contributed by atoms with van der Waals surface area (Å²) in [6.07, 6.45) is 4.45. The Kier molecular flexibility index (Phi) is 5.36. The van der Waals surface area contributed by atoms with Gasteiger partial charge in [0.25, 0.3) is 0 Å². The lowest BCUT2D eigenvalue weighted by molar-refractivity contribution is -0.143. The van der Waals surface area contributed by atoms with E-state index in [1.165, 1.54) is 0 Å².